The van der Waals surface area contributed by atoms with E-state index in [2.05, 4.69) is 0 Å². The van der Waals surface area contributed by atoms with Crippen LogP contribution in [-0.2, 0) is 17.8 Å². The molecule has 0 heterocycles. The molecule has 0 aromatic heterocycles. The highest BCUT2D eigenvalue weighted by Crippen LogP contribution is 2.10. The van der Waals surface area contributed by atoms with E-state index in [0.717, 1.165) is 17.7 Å². The molecule has 0 aliphatic rings. The summed E-state index contributed by atoms with van der Waals surface area (Å²) < 4.78 is 0. The predicted octanol–water partition coefficient (Wildman–Crippen LogP) is 2.86. The first-order chi connectivity index (χ1) is 9.65. The van der Waals surface area contributed by atoms with Gasteiger partial charge < -0.3 is 10.6 Å². The van der Waals surface area contributed by atoms with E-state index in [0.29, 0.717) is 13.0 Å². The largest absolute Gasteiger partial charge is 0.399 e. The molecule has 2 aromatic carbocycles. The van der Waals surface area contributed by atoms with Crippen LogP contribution in [0.4, 0.5) is 5.69 Å². The van der Waals surface area contributed by atoms with E-state index in [9.17, 15) is 4.79 Å². The molecule has 0 bridgehead atoms. The average Bonchev–Trinajstić information content (AvgIpc) is 2.46. The van der Waals surface area contributed by atoms with Crippen molar-refractivity contribution in [2.75, 3.05) is 12.8 Å². The van der Waals surface area contributed by atoms with Gasteiger partial charge in [0, 0.05) is 25.7 Å². The monoisotopic (exact) mass is 268 g/mol. The van der Waals surface area contributed by atoms with Gasteiger partial charge in [0.25, 0.3) is 0 Å². The van der Waals surface area contributed by atoms with Crippen molar-refractivity contribution in [3.63, 3.8) is 0 Å². The van der Waals surface area contributed by atoms with Crippen LogP contribution < -0.4 is 5.73 Å². The lowest BCUT2D eigenvalue weighted by Crippen LogP contribution is -2.26. The van der Waals surface area contributed by atoms with Gasteiger partial charge in [-0.3, -0.25) is 4.79 Å². The van der Waals surface area contributed by atoms with Crippen LogP contribution in [-0.4, -0.2) is 17.9 Å². The average molecular weight is 268 g/mol. The molecule has 20 heavy (non-hydrogen) atoms. The zero-order valence-electron chi connectivity index (χ0n) is 11.8. The first-order valence-corrected chi connectivity index (χ1v) is 6.77. The Kier molecular flexibility index (Phi) is 4.77. The summed E-state index contributed by atoms with van der Waals surface area (Å²) in [6, 6.07) is 17.7. The minimum absolute atomic E-state index is 0.149. The number of anilines is 1. The SMILES string of the molecule is CN(Cc1cccc(N)c1)C(=O)CCc1ccccc1. The number of nitrogen functional groups attached to an aromatic ring is 1. The number of hydrogen-bond donors (Lipinski definition) is 1. The second-order valence-corrected chi connectivity index (χ2v) is 4.98. The number of carbonyl (C=O) groups excluding carboxylic acids is 1. The van der Waals surface area contributed by atoms with Gasteiger partial charge in [0.2, 0.25) is 5.91 Å². The number of nitrogens with two attached hydrogens (primary N) is 1. The minimum atomic E-state index is 0.149. The second-order valence-electron chi connectivity index (χ2n) is 4.98. The van der Waals surface area contributed by atoms with Gasteiger partial charge in [0.15, 0.2) is 0 Å². The molecule has 3 heteroatoms. The molecule has 3 nitrogen and oxygen atoms in total. The topological polar surface area (TPSA) is 46.3 Å². The predicted molar refractivity (Wildman–Crippen MR) is 82.1 cm³/mol. The van der Waals surface area contributed by atoms with Gasteiger partial charge >= 0.3 is 0 Å². The molecular weight excluding hydrogens is 248 g/mol. The number of amides is 1. The Hall–Kier alpha value is -2.29. The molecule has 2 N–H and O–H groups in total. The summed E-state index contributed by atoms with van der Waals surface area (Å²) in [6.07, 6.45) is 1.31. The maximum atomic E-state index is 12.1. The fraction of sp³-hybridized carbons (Fsp3) is 0.235. The van der Waals surface area contributed by atoms with Crippen molar-refractivity contribution in [1.29, 1.82) is 0 Å². The fourth-order valence-corrected chi connectivity index (χ4v) is 2.14. The molecule has 0 atom stereocenters. The summed E-state index contributed by atoms with van der Waals surface area (Å²) in [4.78, 5) is 13.8. The van der Waals surface area contributed by atoms with Crippen molar-refractivity contribution in [1.82, 2.24) is 4.90 Å². The number of rotatable bonds is 5. The highest BCUT2D eigenvalue weighted by atomic mass is 16.2. The van der Waals surface area contributed by atoms with Gasteiger partial charge in [-0.1, -0.05) is 42.5 Å². The third kappa shape index (κ3) is 4.12. The van der Waals surface area contributed by atoms with E-state index in [1.54, 1.807) is 4.90 Å². The number of nitrogens with zero attached hydrogens (tertiary/aromatic N) is 1. The molecule has 0 saturated carbocycles. The summed E-state index contributed by atoms with van der Waals surface area (Å²) in [5.74, 6) is 0.149. The number of benzene rings is 2. The van der Waals surface area contributed by atoms with Crippen LogP contribution in [0.2, 0.25) is 0 Å². The molecule has 2 aromatic rings. The van der Waals surface area contributed by atoms with Crippen LogP contribution in [0.5, 0.6) is 0 Å². The van der Waals surface area contributed by atoms with E-state index in [1.165, 1.54) is 5.56 Å². The first kappa shape index (κ1) is 14.1. The van der Waals surface area contributed by atoms with Crippen LogP contribution in [0.3, 0.4) is 0 Å². The lowest BCUT2D eigenvalue weighted by atomic mass is 10.1. The van der Waals surface area contributed by atoms with E-state index in [4.69, 9.17) is 5.73 Å². The van der Waals surface area contributed by atoms with Crippen molar-refractivity contribution in [3.05, 3.63) is 65.7 Å². The van der Waals surface area contributed by atoms with Gasteiger partial charge in [0.1, 0.15) is 0 Å². The van der Waals surface area contributed by atoms with E-state index in [-0.39, 0.29) is 5.91 Å². The third-order valence-electron chi connectivity index (χ3n) is 3.27. The van der Waals surface area contributed by atoms with E-state index >= 15 is 0 Å². The maximum absolute atomic E-state index is 12.1. The number of carbonyl (C=O) groups is 1. The van der Waals surface area contributed by atoms with Gasteiger partial charge in [-0.2, -0.15) is 0 Å². The summed E-state index contributed by atoms with van der Waals surface area (Å²) >= 11 is 0. The van der Waals surface area contributed by atoms with Crippen LogP contribution >= 0.6 is 0 Å². The Morgan fingerprint density at radius 2 is 1.75 bits per heavy atom. The Morgan fingerprint density at radius 1 is 1.05 bits per heavy atom. The number of aryl methyl sites for hydroxylation is 1. The van der Waals surface area contributed by atoms with Crippen molar-refractivity contribution < 1.29 is 4.79 Å². The fourth-order valence-electron chi connectivity index (χ4n) is 2.14. The van der Waals surface area contributed by atoms with Gasteiger partial charge in [-0.25, -0.2) is 0 Å². The van der Waals surface area contributed by atoms with Crippen molar-refractivity contribution in [3.8, 4) is 0 Å². The van der Waals surface area contributed by atoms with Crippen molar-refractivity contribution in [2.24, 2.45) is 0 Å². The van der Waals surface area contributed by atoms with E-state index < -0.39 is 0 Å². The lowest BCUT2D eigenvalue weighted by molar-refractivity contribution is -0.130. The molecule has 0 fully saturated rings. The molecule has 104 valence electrons. The highest BCUT2D eigenvalue weighted by molar-refractivity contribution is 5.76. The summed E-state index contributed by atoms with van der Waals surface area (Å²) in [6.45, 7) is 0.596. The van der Waals surface area contributed by atoms with Crippen molar-refractivity contribution >= 4 is 11.6 Å². The Bertz CT molecular complexity index is 566. The first-order valence-electron chi connectivity index (χ1n) is 6.77. The standard InChI is InChI=1S/C17H20N2O/c1-19(13-15-8-5-9-16(18)12-15)17(20)11-10-14-6-3-2-4-7-14/h2-9,12H,10-11,13,18H2,1H3. The number of hydrogen-bond acceptors (Lipinski definition) is 2. The molecule has 2 rings (SSSR count). The molecule has 0 aliphatic heterocycles. The van der Waals surface area contributed by atoms with Gasteiger partial charge in [-0.15, -0.1) is 0 Å². The van der Waals surface area contributed by atoms with Crippen LogP contribution in [0.15, 0.2) is 54.6 Å². The Labute approximate surface area is 120 Å². The normalized spacial score (nSPS) is 10.2. The molecule has 0 spiro atoms. The van der Waals surface area contributed by atoms with Gasteiger partial charge in [-0.05, 0) is 29.7 Å². The summed E-state index contributed by atoms with van der Waals surface area (Å²) in [5, 5.41) is 0. The molecule has 0 unspecified atom stereocenters. The van der Waals surface area contributed by atoms with Crippen molar-refractivity contribution in [2.45, 2.75) is 19.4 Å². The summed E-state index contributed by atoms with van der Waals surface area (Å²) in [7, 11) is 1.83. The maximum Gasteiger partial charge on any atom is 0.222 e. The summed E-state index contributed by atoms with van der Waals surface area (Å²) in [5.41, 5.74) is 8.72. The van der Waals surface area contributed by atoms with Crippen LogP contribution in [0, 0.1) is 0 Å². The Balaban J connectivity index is 1.86. The van der Waals surface area contributed by atoms with Crippen LogP contribution in [0.25, 0.3) is 0 Å². The smallest absolute Gasteiger partial charge is 0.222 e. The zero-order chi connectivity index (χ0) is 14.4. The highest BCUT2D eigenvalue weighted by Gasteiger charge is 2.09. The molecule has 1 amide bonds. The third-order valence-corrected chi connectivity index (χ3v) is 3.27. The molecule has 0 radical (unpaired) electrons. The molecule has 0 aliphatic carbocycles. The second kappa shape index (κ2) is 6.75. The lowest BCUT2D eigenvalue weighted by Gasteiger charge is -2.17. The van der Waals surface area contributed by atoms with E-state index in [1.807, 2.05) is 61.6 Å². The molecule has 0 saturated heterocycles. The minimum Gasteiger partial charge on any atom is -0.399 e. The zero-order valence-corrected chi connectivity index (χ0v) is 11.8. The quantitative estimate of drug-likeness (QED) is 0.848. The van der Waals surface area contributed by atoms with Crippen LogP contribution in [0.1, 0.15) is 17.5 Å². The molecular formula is C17H20N2O. The van der Waals surface area contributed by atoms with Gasteiger partial charge in [0.05, 0.1) is 0 Å². The Morgan fingerprint density at radius 3 is 2.45 bits per heavy atom.